The van der Waals surface area contributed by atoms with Gasteiger partial charge in [0.25, 0.3) is 0 Å². The smallest absolute Gasteiger partial charge is 0.230 e. The topological polar surface area (TPSA) is 50.7 Å². The molecule has 21 heavy (non-hydrogen) atoms. The van der Waals surface area contributed by atoms with Crippen LogP contribution in [0.4, 0.5) is 5.95 Å². The van der Waals surface area contributed by atoms with Gasteiger partial charge in [0.1, 0.15) is 11.3 Å². The molecule has 7 heteroatoms. The first-order valence-corrected chi connectivity index (χ1v) is 7.81. The van der Waals surface area contributed by atoms with Crippen molar-refractivity contribution in [2.45, 2.75) is 18.9 Å². The summed E-state index contributed by atoms with van der Waals surface area (Å²) in [6, 6.07) is 1.70. The first-order valence-electron chi connectivity index (χ1n) is 7.43. The Morgan fingerprint density at radius 1 is 1.19 bits per heavy atom. The molecule has 0 atom stereocenters. The van der Waals surface area contributed by atoms with Crippen molar-refractivity contribution in [1.82, 2.24) is 14.9 Å². The fourth-order valence-corrected chi connectivity index (χ4v) is 2.79. The first-order chi connectivity index (χ1) is 10.2. The molecule has 0 spiro atoms. The van der Waals surface area contributed by atoms with Crippen LogP contribution in [0, 0.1) is 0 Å². The van der Waals surface area contributed by atoms with E-state index in [1.165, 1.54) is 0 Å². The van der Waals surface area contributed by atoms with Crippen molar-refractivity contribution in [2.75, 3.05) is 51.3 Å². The van der Waals surface area contributed by atoms with E-state index in [1.807, 2.05) is 0 Å². The van der Waals surface area contributed by atoms with Crippen molar-refractivity contribution in [3.8, 4) is 5.88 Å². The number of hydrogen-bond donors (Lipinski definition) is 0. The van der Waals surface area contributed by atoms with E-state index in [2.05, 4.69) is 26.8 Å². The molecule has 3 rings (SSSR count). The Kier molecular flexibility index (Phi) is 4.77. The molecule has 2 aliphatic heterocycles. The maximum atomic E-state index is 6.11. The van der Waals surface area contributed by atoms with Gasteiger partial charge >= 0.3 is 0 Å². The minimum Gasteiger partial charge on any atom is -0.474 e. The molecule has 0 saturated carbocycles. The van der Waals surface area contributed by atoms with Crippen molar-refractivity contribution in [3.05, 3.63) is 11.2 Å². The molecule has 0 N–H and O–H groups in total. The van der Waals surface area contributed by atoms with Gasteiger partial charge in [-0.25, -0.2) is 4.98 Å². The third-order valence-corrected chi connectivity index (χ3v) is 4.10. The second-order valence-electron chi connectivity index (χ2n) is 5.55. The number of anilines is 1. The predicted molar refractivity (Wildman–Crippen MR) is 81.2 cm³/mol. The van der Waals surface area contributed by atoms with E-state index in [4.69, 9.17) is 21.1 Å². The Hall–Kier alpha value is -1.11. The second kappa shape index (κ2) is 6.77. The van der Waals surface area contributed by atoms with Gasteiger partial charge < -0.3 is 19.3 Å². The number of piperidine rings is 1. The maximum Gasteiger partial charge on any atom is 0.230 e. The highest BCUT2D eigenvalue weighted by Crippen LogP contribution is 2.22. The lowest BCUT2D eigenvalue weighted by molar-refractivity contribution is 0.109. The highest BCUT2D eigenvalue weighted by atomic mass is 35.5. The molecule has 0 unspecified atom stereocenters. The van der Waals surface area contributed by atoms with Crippen molar-refractivity contribution in [3.63, 3.8) is 0 Å². The molecule has 3 heterocycles. The average Bonchev–Trinajstić information content (AvgIpc) is 2.50. The number of nitrogens with zero attached hydrogens (tertiary/aromatic N) is 4. The van der Waals surface area contributed by atoms with Crippen LogP contribution in [-0.4, -0.2) is 67.4 Å². The normalized spacial score (nSPS) is 21.5. The Morgan fingerprint density at radius 3 is 2.62 bits per heavy atom. The summed E-state index contributed by atoms with van der Waals surface area (Å²) in [7, 11) is 2.13. The standard InChI is InChI=1S/C14H21ClN4O2/c1-18-4-2-11(3-5-18)21-13-10-12(15)16-14(17-13)19-6-8-20-9-7-19/h10-11H,2-9H2,1H3. The highest BCUT2D eigenvalue weighted by molar-refractivity contribution is 6.29. The van der Waals surface area contributed by atoms with Crippen LogP contribution in [0.25, 0.3) is 0 Å². The largest absolute Gasteiger partial charge is 0.474 e. The van der Waals surface area contributed by atoms with E-state index in [-0.39, 0.29) is 6.10 Å². The van der Waals surface area contributed by atoms with E-state index in [9.17, 15) is 0 Å². The van der Waals surface area contributed by atoms with Crippen LogP contribution < -0.4 is 9.64 Å². The van der Waals surface area contributed by atoms with Crippen LogP contribution in [0.15, 0.2) is 6.07 Å². The van der Waals surface area contributed by atoms with Crippen LogP contribution in [0.3, 0.4) is 0 Å². The second-order valence-corrected chi connectivity index (χ2v) is 5.94. The van der Waals surface area contributed by atoms with Gasteiger partial charge in [-0.05, 0) is 19.9 Å². The zero-order chi connectivity index (χ0) is 14.7. The van der Waals surface area contributed by atoms with Crippen LogP contribution in [0.5, 0.6) is 5.88 Å². The fourth-order valence-electron chi connectivity index (χ4n) is 2.62. The number of likely N-dealkylation sites (tertiary alicyclic amines) is 1. The quantitative estimate of drug-likeness (QED) is 0.787. The predicted octanol–water partition coefficient (Wildman–Crippen LogP) is 1.44. The van der Waals surface area contributed by atoms with Crippen molar-refractivity contribution in [1.29, 1.82) is 0 Å². The average molecular weight is 313 g/mol. The number of morpholine rings is 1. The summed E-state index contributed by atoms with van der Waals surface area (Å²) >= 11 is 6.11. The molecule has 2 saturated heterocycles. The summed E-state index contributed by atoms with van der Waals surface area (Å²) in [6.07, 6.45) is 2.25. The SMILES string of the molecule is CN1CCC(Oc2cc(Cl)nc(N3CCOCC3)n2)CC1. The molecular formula is C14H21ClN4O2. The van der Waals surface area contributed by atoms with E-state index in [0.717, 1.165) is 39.0 Å². The van der Waals surface area contributed by atoms with Crippen LogP contribution >= 0.6 is 11.6 Å². The minimum atomic E-state index is 0.213. The van der Waals surface area contributed by atoms with Gasteiger partial charge in [-0.1, -0.05) is 11.6 Å². The van der Waals surface area contributed by atoms with Gasteiger partial charge in [0.15, 0.2) is 0 Å². The van der Waals surface area contributed by atoms with E-state index >= 15 is 0 Å². The highest BCUT2D eigenvalue weighted by Gasteiger charge is 2.20. The lowest BCUT2D eigenvalue weighted by atomic mass is 10.1. The Labute approximate surface area is 130 Å². The molecule has 0 aromatic carbocycles. The van der Waals surface area contributed by atoms with Gasteiger partial charge in [-0.3, -0.25) is 0 Å². The summed E-state index contributed by atoms with van der Waals surface area (Å²) in [4.78, 5) is 13.2. The molecule has 0 aliphatic carbocycles. The van der Waals surface area contributed by atoms with Crippen LogP contribution in [0.1, 0.15) is 12.8 Å². The number of aromatic nitrogens is 2. The van der Waals surface area contributed by atoms with E-state index in [1.54, 1.807) is 6.07 Å². The summed E-state index contributed by atoms with van der Waals surface area (Å²) in [5.74, 6) is 1.21. The number of halogens is 1. The zero-order valence-electron chi connectivity index (χ0n) is 12.3. The zero-order valence-corrected chi connectivity index (χ0v) is 13.1. The summed E-state index contributed by atoms with van der Waals surface area (Å²) in [6.45, 7) is 5.07. The van der Waals surface area contributed by atoms with E-state index < -0.39 is 0 Å². The van der Waals surface area contributed by atoms with Gasteiger partial charge in [-0.2, -0.15) is 4.98 Å². The molecule has 116 valence electrons. The van der Waals surface area contributed by atoms with Crippen molar-refractivity contribution >= 4 is 17.5 Å². The molecule has 2 aliphatic rings. The van der Waals surface area contributed by atoms with Crippen molar-refractivity contribution < 1.29 is 9.47 Å². The van der Waals surface area contributed by atoms with Gasteiger partial charge in [0.2, 0.25) is 11.8 Å². The third kappa shape index (κ3) is 3.96. The lowest BCUT2D eigenvalue weighted by Gasteiger charge is -2.30. The number of hydrogen-bond acceptors (Lipinski definition) is 6. The first kappa shape index (κ1) is 14.8. The summed E-state index contributed by atoms with van der Waals surface area (Å²) in [5, 5.41) is 0.425. The van der Waals surface area contributed by atoms with E-state index in [0.29, 0.717) is 30.2 Å². The Morgan fingerprint density at radius 2 is 1.90 bits per heavy atom. The Balaban J connectivity index is 1.68. The monoisotopic (exact) mass is 312 g/mol. The molecular weight excluding hydrogens is 292 g/mol. The number of rotatable bonds is 3. The molecule has 1 aromatic heterocycles. The lowest BCUT2D eigenvalue weighted by Crippen LogP contribution is -2.38. The van der Waals surface area contributed by atoms with Gasteiger partial charge in [0.05, 0.1) is 13.2 Å². The third-order valence-electron chi connectivity index (χ3n) is 3.91. The summed E-state index contributed by atoms with van der Waals surface area (Å²) < 4.78 is 11.3. The molecule has 1 aromatic rings. The molecule has 0 radical (unpaired) electrons. The molecule has 0 amide bonds. The Bertz CT molecular complexity index is 474. The van der Waals surface area contributed by atoms with Crippen molar-refractivity contribution in [2.24, 2.45) is 0 Å². The molecule has 2 fully saturated rings. The van der Waals surface area contributed by atoms with Gasteiger partial charge in [0, 0.05) is 32.2 Å². The fraction of sp³-hybridized carbons (Fsp3) is 0.714. The maximum absolute atomic E-state index is 6.11. The van der Waals surface area contributed by atoms with Gasteiger partial charge in [-0.15, -0.1) is 0 Å². The molecule has 6 nitrogen and oxygen atoms in total. The van der Waals surface area contributed by atoms with Crippen LogP contribution in [0.2, 0.25) is 5.15 Å². The minimum absolute atomic E-state index is 0.213. The summed E-state index contributed by atoms with van der Waals surface area (Å²) in [5.41, 5.74) is 0. The van der Waals surface area contributed by atoms with Crippen LogP contribution in [-0.2, 0) is 4.74 Å². The molecule has 0 bridgehead atoms. The number of ether oxygens (including phenoxy) is 2.